The van der Waals surface area contributed by atoms with Gasteiger partial charge in [-0.3, -0.25) is 4.79 Å². The molecule has 0 aromatic heterocycles. The summed E-state index contributed by atoms with van der Waals surface area (Å²) in [6.07, 6.45) is 2.04. The lowest BCUT2D eigenvalue weighted by atomic mass is 10.0. The standard InChI is InChI=1S/C20H24N2O3/c1-12(2)11-17(22-20(24)25-3)19(23)21-16-10-9-14-8-7-13-5-4-6-15(16)18(13)14/h4-6,9-10,12,17H,7-8,11H2,1-3H3,(H,21,23)(H,22,24). The van der Waals surface area contributed by atoms with E-state index < -0.39 is 12.1 Å². The molecule has 0 fully saturated rings. The van der Waals surface area contributed by atoms with Crippen molar-refractivity contribution in [1.29, 1.82) is 0 Å². The van der Waals surface area contributed by atoms with Crippen LogP contribution in [0, 0.1) is 5.92 Å². The Bertz CT molecular complexity index is 804. The van der Waals surface area contributed by atoms with Gasteiger partial charge in [0.05, 0.1) is 7.11 Å². The zero-order valence-electron chi connectivity index (χ0n) is 14.9. The lowest BCUT2D eigenvalue weighted by Crippen LogP contribution is -2.44. The summed E-state index contributed by atoms with van der Waals surface area (Å²) in [4.78, 5) is 24.3. The van der Waals surface area contributed by atoms with Crippen LogP contribution in [-0.2, 0) is 22.4 Å². The maximum Gasteiger partial charge on any atom is 0.407 e. The molecule has 0 heterocycles. The topological polar surface area (TPSA) is 67.4 Å². The largest absolute Gasteiger partial charge is 0.453 e. The molecule has 132 valence electrons. The number of ether oxygens (including phenoxy) is 1. The first-order valence-corrected chi connectivity index (χ1v) is 8.68. The molecule has 1 aliphatic carbocycles. The highest BCUT2D eigenvalue weighted by atomic mass is 16.5. The fourth-order valence-electron chi connectivity index (χ4n) is 3.48. The van der Waals surface area contributed by atoms with Gasteiger partial charge in [0, 0.05) is 11.1 Å². The van der Waals surface area contributed by atoms with E-state index in [9.17, 15) is 9.59 Å². The molecule has 1 aliphatic rings. The second kappa shape index (κ2) is 7.13. The Hall–Kier alpha value is -2.56. The quantitative estimate of drug-likeness (QED) is 0.873. The number of carbonyl (C=O) groups is 2. The van der Waals surface area contributed by atoms with Gasteiger partial charge in [-0.1, -0.05) is 38.1 Å². The van der Waals surface area contributed by atoms with Crippen LogP contribution in [0.2, 0.25) is 0 Å². The van der Waals surface area contributed by atoms with Gasteiger partial charge in [-0.25, -0.2) is 4.79 Å². The Morgan fingerprint density at radius 3 is 2.52 bits per heavy atom. The number of rotatable bonds is 5. The number of nitrogens with one attached hydrogen (secondary N) is 2. The van der Waals surface area contributed by atoms with Crippen LogP contribution >= 0.6 is 0 Å². The number of benzene rings is 2. The number of aryl methyl sites for hydroxylation is 2. The summed E-state index contributed by atoms with van der Waals surface area (Å²) in [5.41, 5.74) is 3.44. The Morgan fingerprint density at radius 2 is 1.84 bits per heavy atom. The molecule has 2 amide bonds. The molecule has 5 nitrogen and oxygen atoms in total. The molecule has 0 radical (unpaired) electrons. The molecule has 0 saturated carbocycles. The Labute approximate surface area is 147 Å². The maximum atomic E-state index is 12.7. The molecule has 3 rings (SSSR count). The van der Waals surface area contributed by atoms with E-state index in [1.165, 1.54) is 23.6 Å². The molecule has 5 heteroatoms. The monoisotopic (exact) mass is 340 g/mol. The summed E-state index contributed by atoms with van der Waals surface area (Å²) >= 11 is 0. The van der Waals surface area contributed by atoms with Crippen LogP contribution in [0.4, 0.5) is 10.5 Å². The maximum absolute atomic E-state index is 12.7. The Morgan fingerprint density at radius 1 is 1.12 bits per heavy atom. The van der Waals surface area contributed by atoms with Crippen molar-refractivity contribution >= 4 is 28.5 Å². The number of methoxy groups -OCH3 is 1. The van der Waals surface area contributed by atoms with Crippen molar-refractivity contribution in [3.63, 3.8) is 0 Å². The molecule has 1 unspecified atom stereocenters. The highest BCUT2D eigenvalue weighted by molar-refractivity contribution is 6.06. The van der Waals surface area contributed by atoms with Crippen molar-refractivity contribution in [2.24, 2.45) is 5.92 Å². The van der Waals surface area contributed by atoms with Crippen LogP contribution in [-0.4, -0.2) is 25.2 Å². The fraction of sp³-hybridized carbons (Fsp3) is 0.400. The van der Waals surface area contributed by atoms with E-state index in [0.29, 0.717) is 6.42 Å². The Kier molecular flexibility index (Phi) is 4.93. The molecule has 2 N–H and O–H groups in total. The van der Waals surface area contributed by atoms with Crippen LogP contribution in [0.3, 0.4) is 0 Å². The van der Waals surface area contributed by atoms with E-state index in [1.807, 2.05) is 32.0 Å². The van der Waals surface area contributed by atoms with Crippen LogP contribution in [0.1, 0.15) is 31.4 Å². The van der Waals surface area contributed by atoms with Crippen molar-refractivity contribution < 1.29 is 14.3 Å². The van der Waals surface area contributed by atoms with Crippen molar-refractivity contribution in [3.8, 4) is 0 Å². The molecular weight excluding hydrogens is 316 g/mol. The average Bonchev–Trinajstić information content (AvgIpc) is 3.01. The second-order valence-electron chi connectivity index (χ2n) is 6.92. The zero-order valence-corrected chi connectivity index (χ0v) is 14.9. The summed E-state index contributed by atoms with van der Waals surface area (Å²) in [6.45, 7) is 4.02. The summed E-state index contributed by atoms with van der Waals surface area (Å²) in [5, 5.41) is 7.93. The minimum atomic E-state index is -0.629. The first-order valence-electron chi connectivity index (χ1n) is 8.68. The summed E-state index contributed by atoms with van der Waals surface area (Å²) < 4.78 is 4.64. The molecule has 1 atom stereocenters. The van der Waals surface area contributed by atoms with E-state index in [0.717, 1.165) is 23.9 Å². The third kappa shape index (κ3) is 3.60. The SMILES string of the molecule is COC(=O)NC(CC(C)C)C(=O)Nc1ccc2c3c(cccc13)CC2. The smallest absolute Gasteiger partial charge is 0.407 e. The van der Waals surface area contributed by atoms with Gasteiger partial charge in [0.15, 0.2) is 0 Å². The zero-order chi connectivity index (χ0) is 18.0. The number of alkyl carbamates (subject to hydrolysis) is 1. The number of amides is 2. The fourth-order valence-corrected chi connectivity index (χ4v) is 3.48. The molecule has 2 aromatic carbocycles. The molecule has 0 spiro atoms. The van der Waals surface area contributed by atoms with E-state index in [2.05, 4.69) is 27.5 Å². The van der Waals surface area contributed by atoms with Gasteiger partial charge < -0.3 is 15.4 Å². The van der Waals surface area contributed by atoms with Crippen LogP contribution in [0.25, 0.3) is 10.8 Å². The van der Waals surface area contributed by atoms with Crippen LogP contribution in [0.15, 0.2) is 30.3 Å². The number of hydrogen-bond donors (Lipinski definition) is 2. The van der Waals surface area contributed by atoms with E-state index in [1.54, 1.807) is 0 Å². The third-order valence-electron chi connectivity index (χ3n) is 4.64. The average molecular weight is 340 g/mol. The lowest BCUT2D eigenvalue weighted by Gasteiger charge is -2.20. The first kappa shape index (κ1) is 17.3. The lowest BCUT2D eigenvalue weighted by molar-refractivity contribution is -0.118. The Balaban J connectivity index is 1.86. The highest BCUT2D eigenvalue weighted by Gasteiger charge is 2.24. The van der Waals surface area contributed by atoms with Crippen molar-refractivity contribution in [1.82, 2.24) is 5.32 Å². The van der Waals surface area contributed by atoms with Crippen molar-refractivity contribution in [3.05, 3.63) is 41.5 Å². The van der Waals surface area contributed by atoms with Gasteiger partial charge in [0.2, 0.25) is 5.91 Å². The molecule has 0 aliphatic heterocycles. The van der Waals surface area contributed by atoms with Gasteiger partial charge in [-0.05, 0) is 47.8 Å². The van der Waals surface area contributed by atoms with Gasteiger partial charge in [0.1, 0.15) is 6.04 Å². The second-order valence-corrected chi connectivity index (χ2v) is 6.92. The summed E-state index contributed by atoms with van der Waals surface area (Å²) in [5.74, 6) is 0.0403. The van der Waals surface area contributed by atoms with Gasteiger partial charge in [-0.15, -0.1) is 0 Å². The summed E-state index contributed by atoms with van der Waals surface area (Å²) in [6, 6.07) is 9.62. The molecule has 0 bridgehead atoms. The predicted octanol–water partition coefficient (Wildman–Crippen LogP) is 3.65. The van der Waals surface area contributed by atoms with Gasteiger partial charge in [-0.2, -0.15) is 0 Å². The first-order chi connectivity index (χ1) is 12.0. The van der Waals surface area contributed by atoms with Crippen LogP contribution < -0.4 is 10.6 Å². The minimum absolute atomic E-state index is 0.224. The molecule has 0 saturated heterocycles. The molecule has 2 aromatic rings. The van der Waals surface area contributed by atoms with E-state index in [4.69, 9.17) is 0 Å². The predicted molar refractivity (Wildman–Crippen MR) is 98.8 cm³/mol. The third-order valence-corrected chi connectivity index (χ3v) is 4.64. The van der Waals surface area contributed by atoms with Gasteiger partial charge >= 0.3 is 6.09 Å². The normalized spacial score (nSPS) is 13.8. The van der Waals surface area contributed by atoms with Crippen LogP contribution in [0.5, 0.6) is 0 Å². The molecule has 25 heavy (non-hydrogen) atoms. The molecular formula is C20H24N2O3. The van der Waals surface area contributed by atoms with Gasteiger partial charge in [0.25, 0.3) is 0 Å². The van der Waals surface area contributed by atoms with Crippen molar-refractivity contribution in [2.45, 2.75) is 39.2 Å². The van der Waals surface area contributed by atoms with E-state index in [-0.39, 0.29) is 11.8 Å². The summed E-state index contributed by atoms with van der Waals surface area (Å²) in [7, 11) is 1.29. The van der Waals surface area contributed by atoms with E-state index >= 15 is 0 Å². The van der Waals surface area contributed by atoms with Crippen molar-refractivity contribution in [2.75, 3.05) is 12.4 Å². The minimum Gasteiger partial charge on any atom is -0.453 e. The highest BCUT2D eigenvalue weighted by Crippen LogP contribution is 2.35. The number of hydrogen-bond acceptors (Lipinski definition) is 3. The number of carbonyl (C=O) groups excluding carboxylic acids is 2. The number of anilines is 1.